The molecule has 0 aromatic rings. The van der Waals surface area contributed by atoms with Crippen LogP contribution in [0.25, 0.3) is 0 Å². The Kier molecular flexibility index (Phi) is 1.18. The molecule has 1 aliphatic carbocycles. The Morgan fingerprint density at radius 1 is 1.56 bits per heavy atom. The molecule has 1 fully saturated rings. The fraction of sp³-hybridized carbons (Fsp3) is 1.00. The molecular weight excluding hydrogens is 116 g/mol. The van der Waals surface area contributed by atoms with Crippen LogP contribution in [0.1, 0.15) is 31.1 Å². The Bertz CT molecular complexity index is 177. The topological polar surface area (TPSA) is 29.5 Å². The summed E-state index contributed by atoms with van der Waals surface area (Å²) in [5.74, 6) is 0. The molecule has 1 aliphatic rings. The molecule has 2 nitrogen and oxygen atoms in total. The van der Waals surface area contributed by atoms with Crippen LogP contribution in [-0.4, -0.2) is 24.4 Å². The number of aliphatic hydroxyl groups excluding tert-OH is 1. The number of hydrogen-bond donors (Lipinski definition) is 1. The van der Waals surface area contributed by atoms with Gasteiger partial charge in [-0.15, -0.1) is 0 Å². The Labute approximate surface area is 61.5 Å². The van der Waals surface area contributed by atoms with Crippen LogP contribution in [0.2, 0.25) is 0 Å². The van der Waals surface area contributed by atoms with Gasteiger partial charge in [0.05, 0.1) is 12.2 Å². The highest BCUT2D eigenvalue weighted by Crippen LogP contribution is 2.19. The Morgan fingerprint density at radius 2 is 2.11 bits per heavy atom. The molecule has 0 atom stereocenters. The summed E-state index contributed by atoms with van der Waals surface area (Å²) in [7, 11) is 1.43. The standard InChI is InChI=1S/C7H14O2/c1-9-7-4-2-6(8)3-5-7/h6-8H,2-5H2,1H3/i2D2,3D2. The molecule has 0 aliphatic heterocycles. The number of rotatable bonds is 1. The maximum atomic E-state index is 9.37. The molecule has 0 radical (unpaired) electrons. The van der Waals surface area contributed by atoms with E-state index in [1.807, 2.05) is 0 Å². The summed E-state index contributed by atoms with van der Waals surface area (Å²) in [5, 5.41) is 9.37. The van der Waals surface area contributed by atoms with Crippen LogP contribution in [0.3, 0.4) is 0 Å². The molecule has 0 amide bonds. The first-order chi connectivity index (χ1) is 5.79. The van der Waals surface area contributed by atoms with Gasteiger partial charge in [-0.2, -0.15) is 0 Å². The average Bonchev–Trinajstić information content (AvgIpc) is 1.99. The molecule has 2 heteroatoms. The average molecular weight is 134 g/mol. The molecule has 0 heterocycles. The second-order valence-corrected chi connectivity index (χ2v) is 2.08. The molecule has 0 bridgehead atoms. The van der Waals surface area contributed by atoms with E-state index in [0.717, 1.165) is 0 Å². The normalized spacial score (nSPS) is 54.4. The molecule has 0 aromatic heterocycles. The number of aliphatic hydroxyl groups is 1. The lowest BCUT2D eigenvalue weighted by Crippen LogP contribution is -2.22. The smallest absolute Gasteiger partial charge is 0.0573 e. The lowest BCUT2D eigenvalue weighted by Gasteiger charge is -2.23. The number of methoxy groups -OCH3 is 1. The van der Waals surface area contributed by atoms with Gasteiger partial charge in [-0.1, -0.05) is 0 Å². The van der Waals surface area contributed by atoms with Crippen molar-refractivity contribution in [3.8, 4) is 0 Å². The largest absolute Gasteiger partial charge is 0.393 e. The van der Waals surface area contributed by atoms with Crippen molar-refractivity contribution < 1.29 is 15.3 Å². The second kappa shape index (κ2) is 3.18. The van der Waals surface area contributed by atoms with Crippen molar-refractivity contribution in [1.29, 1.82) is 0 Å². The Morgan fingerprint density at radius 3 is 2.56 bits per heavy atom. The minimum Gasteiger partial charge on any atom is -0.393 e. The molecule has 0 saturated heterocycles. The van der Waals surface area contributed by atoms with Gasteiger partial charge >= 0.3 is 0 Å². The van der Waals surface area contributed by atoms with Gasteiger partial charge in [0.15, 0.2) is 0 Å². The van der Waals surface area contributed by atoms with E-state index >= 15 is 0 Å². The molecule has 9 heavy (non-hydrogen) atoms. The fourth-order valence-corrected chi connectivity index (χ4v) is 0.797. The van der Waals surface area contributed by atoms with Gasteiger partial charge in [-0.3, -0.25) is 0 Å². The zero-order valence-electron chi connectivity index (χ0n) is 9.42. The van der Waals surface area contributed by atoms with Crippen molar-refractivity contribution in [2.45, 2.75) is 37.8 Å². The van der Waals surface area contributed by atoms with Crippen LogP contribution in [0.15, 0.2) is 0 Å². The lowest BCUT2D eigenvalue weighted by molar-refractivity contribution is 0.0244. The summed E-state index contributed by atoms with van der Waals surface area (Å²) >= 11 is 0. The van der Waals surface area contributed by atoms with Gasteiger partial charge in [-0.25, -0.2) is 0 Å². The van der Waals surface area contributed by atoms with Gasteiger partial charge in [-0.05, 0) is 25.6 Å². The van der Waals surface area contributed by atoms with Crippen LogP contribution < -0.4 is 0 Å². The molecule has 54 valence electrons. The molecule has 1 saturated carbocycles. The summed E-state index contributed by atoms with van der Waals surface area (Å²) in [6, 6.07) is 0. The van der Waals surface area contributed by atoms with Gasteiger partial charge in [0, 0.05) is 12.6 Å². The van der Waals surface area contributed by atoms with Crippen molar-refractivity contribution in [1.82, 2.24) is 0 Å². The summed E-state index contributed by atoms with van der Waals surface area (Å²) < 4.78 is 34.6. The first kappa shape index (κ1) is 3.35. The Balaban J connectivity index is 2.82. The van der Waals surface area contributed by atoms with Crippen molar-refractivity contribution in [3.63, 3.8) is 0 Å². The fourth-order valence-electron chi connectivity index (χ4n) is 0.797. The van der Waals surface area contributed by atoms with E-state index < -0.39 is 25.0 Å². The summed E-state index contributed by atoms with van der Waals surface area (Å²) in [6.45, 7) is 0. The lowest BCUT2D eigenvalue weighted by atomic mass is 9.95. The van der Waals surface area contributed by atoms with E-state index in [-0.39, 0.29) is 12.8 Å². The monoisotopic (exact) mass is 134 g/mol. The number of hydrogen-bond acceptors (Lipinski definition) is 2. The molecule has 1 rings (SSSR count). The number of ether oxygens (including phenoxy) is 1. The highest BCUT2D eigenvalue weighted by atomic mass is 16.5. The SMILES string of the molecule is [2H]C1([2H])CC(OC)CC([2H])([2H])C1O. The quantitative estimate of drug-likeness (QED) is 0.578. The maximum Gasteiger partial charge on any atom is 0.0573 e. The zero-order valence-corrected chi connectivity index (χ0v) is 5.42. The van der Waals surface area contributed by atoms with Crippen molar-refractivity contribution in [2.75, 3.05) is 7.11 Å². The van der Waals surface area contributed by atoms with E-state index in [0.29, 0.717) is 0 Å². The third-order valence-electron chi connectivity index (χ3n) is 1.41. The van der Waals surface area contributed by atoms with Crippen LogP contribution in [0, 0.1) is 0 Å². The Hall–Kier alpha value is -0.0800. The summed E-state index contributed by atoms with van der Waals surface area (Å²) in [5.41, 5.74) is 0. The van der Waals surface area contributed by atoms with Crippen molar-refractivity contribution in [3.05, 3.63) is 0 Å². The predicted octanol–water partition coefficient (Wildman–Crippen LogP) is 0.936. The van der Waals surface area contributed by atoms with E-state index in [4.69, 9.17) is 10.2 Å². The van der Waals surface area contributed by atoms with Crippen LogP contribution >= 0.6 is 0 Å². The van der Waals surface area contributed by atoms with Crippen molar-refractivity contribution in [2.24, 2.45) is 0 Å². The zero-order chi connectivity index (χ0) is 10.3. The van der Waals surface area contributed by atoms with Gasteiger partial charge in [0.2, 0.25) is 0 Å². The third kappa shape index (κ3) is 1.95. The van der Waals surface area contributed by atoms with E-state index in [9.17, 15) is 5.11 Å². The van der Waals surface area contributed by atoms with Gasteiger partial charge < -0.3 is 9.84 Å². The molecular formula is C7H14O2. The maximum absolute atomic E-state index is 9.37. The predicted molar refractivity (Wildman–Crippen MR) is 35.3 cm³/mol. The van der Waals surface area contributed by atoms with Crippen LogP contribution in [0.4, 0.5) is 0 Å². The summed E-state index contributed by atoms with van der Waals surface area (Å²) in [4.78, 5) is 0. The van der Waals surface area contributed by atoms with Crippen LogP contribution in [0.5, 0.6) is 0 Å². The minimum absolute atomic E-state index is 0.0458. The minimum atomic E-state index is -1.90. The van der Waals surface area contributed by atoms with E-state index in [2.05, 4.69) is 0 Å². The molecule has 0 aromatic carbocycles. The van der Waals surface area contributed by atoms with Crippen molar-refractivity contribution >= 4 is 0 Å². The van der Waals surface area contributed by atoms with E-state index in [1.165, 1.54) is 7.11 Å². The van der Waals surface area contributed by atoms with E-state index in [1.54, 1.807) is 0 Å². The van der Waals surface area contributed by atoms with Gasteiger partial charge in [0.25, 0.3) is 0 Å². The van der Waals surface area contributed by atoms with Crippen LogP contribution in [-0.2, 0) is 4.74 Å². The van der Waals surface area contributed by atoms with Gasteiger partial charge in [0.1, 0.15) is 0 Å². The third-order valence-corrected chi connectivity index (χ3v) is 1.41. The molecule has 0 spiro atoms. The first-order valence-corrected chi connectivity index (χ1v) is 3.00. The molecule has 1 N–H and O–H groups in total. The first-order valence-electron chi connectivity index (χ1n) is 5.00. The summed E-state index contributed by atoms with van der Waals surface area (Å²) in [6.07, 6.45) is -5.72. The highest BCUT2D eigenvalue weighted by Gasteiger charge is 2.17. The second-order valence-electron chi connectivity index (χ2n) is 2.08. The molecule has 0 unspecified atom stereocenters. The highest BCUT2D eigenvalue weighted by molar-refractivity contribution is 4.70.